The number of benzene rings is 1. The number of fused-ring (bicyclic) bond motifs is 1. The lowest BCUT2D eigenvalue weighted by Crippen LogP contribution is -2.34. The van der Waals surface area contributed by atoms with Crippen LogP contribution in [0.2, 0.25) is 0 Å². The van der Waals surface area contributed by atoms with Gasteiger partial charge in [0.05, 0.1) is 23.1 Å². The number of nitrogens with one attached hydrogen (secondary N) is 1. The summed E-state index contributed by atoms with van der Waals surface area (Å²) < 4.78 is 0. The fraction of sp³-hybridized carbons (Fsp3) is 0.500. The zero-order valence-electron chi connectivity index (χ0n) is 11.7. The molecule has 0 saturated carbocycles. The van der Waals surface area contributed by atoms with Crippen LogP contribution in [0.3, 0.4) is 0 Å². The number of aromatic amines is 1. The van der Waals surface area contributed by atoms with Crippen molar-refractivity contribution in [3.63, 3.8) is 0 Å². The minimum Gasteiger partial charge on any atom is -0.397 e. The van der Waals surface area contributed by atoms with Crippen LogP contribution >= 0.6 is 0 Å². The summed E-state index contributed by atoms with van der Waals surface area (Å²) >= 11 is 0. The zero-order valence-corrected chi connectivity index (χ0v) is 11.7. The fourth-order valence-corrected chi connectivity index (χ4v) is 3.09. The van der Waals surface area contributed by atoms with Crippen LogP contribution in [0.25, 0.3) is 10.9 Å². The van der Waals surface area contributed by atoms with Gasteiger partial charge >= 0.3 is 0 Å². The highest BCUT2D eigenvalue weighted by atomic mass is 15.2. The van der Waals surface area contributed by atoms with Crippen LogP contribution in [0.5, 0.6) is 0 Å². The van der Waals surface area contributed by atoms with E-state index in [4.69, 9.17) is 5.73 Å². The molecule has 5 heteroatoms. The molecule has 0 aliphatic carbocycles. The second kappa shape index (κ2) is 4.42. The molecule has 2 heterocycles. The van der Waals surface area contributed by atoms with Gasteiger partial charge in [-0.2, -0.15) is 5.10 Å². The number of hydrogen-bond acceptors (Lipinski definition) is 4. The molecule has 3 rings (SSSR count). The molecule has 2 aromatic rings. The normalized spacial score (nSPS) is 23.7. The van der Waals surface area contributed by atoms with Gasteiger partial charge < -0.3 is 15.5 Å². The second-order valence-corrected chi connectivity index (χ2v) is 5.78. The number of rotatable bonds is 2. The summed E-state index contributed by atoms with van der Waals surface area (Å²) in [5.74, 6) is 0.645. The molecule has 1 saturated heterocycles. The molecule has 1 fully saturated rings. The largest absolute Gasteiger partial charge is 0.397 e. The summed E-state index contributed by atoms with van der Waals surface area (Å²) in [6.45, 7) is 4.38. The number of nitrogens with two attached hydrogens (primary N) is 1. The van der Waals surface area contributed by atoms with Crippen LogP contribution in [0.1, 0.15) is 6.92 Å². The van der Waals surface area contributed by atoms with Gasteiger partial charge in [-0.3, -0.25) is 5.10 Å². The Hall–Kier alpha value is -1.75. The summed E-state index contributed by atoms with van der Waals surface area (Å²) in [5, 5.41) is 8.14. The molecule has 5 nitrogen and oxygen atoms in total. The Labute approximate surface area is 113 Å². The van der Waals surface area contributed by atoms with Crippen molar-refractivity contribution >= 4 is 22.3 Å². The first kappa shape index (κ1) is 12.3. The molecular formula is C14H21N5. The van der Waals surface area contributed by atoms with Gasteiger partial charge in [0.1, 0.15) is 0 Å². The van der Waals surface area contributed by atoms with E-state index in [1.165, 1.54) is 0 Å². The van der Waals surface area contributed by atoms with Crippen LogP contribution < -0.4 is 10.6 Å². The molecule has 1 aliphatic heterocycles. The van der Waals surface area contributed by atoms with Gasteiger partial charge in [-0.05, 0) is 32.1 Å². The first-order valence-corrected chi connectivity index (χ1v) is 6.70. The van der Waals surface area contributed by atoms with E-state index >= 15 is 0 Å². The monoisotopic (exact) mass is 259 g/mol. The molecule has 102 valence electrons. The van der Waals surface area contributed by atoms with Crippen molar-refractivity contribution in [2.24, 2.45) is 5.92 Å². The van der Waals surface area contributed by atoms with Crippen LogP contribution in [-0.2, 0) is 0 Å². The zero-order chi connectivity index (χ0) is 13.6. The van der Waals surface area contributed by atoms with Crippen LogP contribution in [0.4, 0.5) is 11.4 Å². The molecule has 2 unspecified atom stereocenters. The van der Waals surface area contributed by atoms with Gasteiger partial charge in [0.25, 0.3) is 0 Å². The van der Waals surface area contributed by atoms with Crippen molar-refractivity contribution < 1.29 is 0 Å². The van der Waals surface area contributed by atoms with Gasteiger partial charge in [-0.1, -0.05) is 6.92 Å². The third-order valence-electron chi connectivity index (χ3n) is 4.16. The molecule has 1 aromatic heterocycles. The number of H-pyrrole nitrogens is 1. The molecule has 3 N–H and O–H groups in total. The molecule has 0 radical (unpaired) electrons. The van der Waals surface area contributed by atoms with E-state index in [1.807, 2.05) is 12.3 Å². The Bertz CT molecular complexity index is 589. The minimum absolute atomic E-state index is 0.580. The standard InChI is InChI=1S/C14H21N5/c1-9-7-19(8-14(9)18(2)3)13-5-12-10(4-11(13)15)6-16-17-12/h4-6,9,14H,7-8,15H2,1-3H3,(H,16,17). The molecule has 19 heavy (non-hydrogen) atoms. The van der Waals surface area contributed by atoms with E-state index in [-0.39, 0.29) is 0 Å². The molecule has 0 amide bonds. The third-order valence-corrected chi connectivity index (χ3v) is 4.16. The molecular weight excluding hydrogens is 238 g/mol. The number of hydrogen-bond donors (Lipinski definition) is 2. The number of aromatic nitrogens is 2. The summed E-state index contributed by atoms with van der Waals surface area (Å²) in [4.78, 5) is 4.68. The van der Waals surface area contributed by atoms with Crippen LogP contribution in [-0.4, -0.2) is 48.3 Å². The molecule has 2 atom stereocenters. The lowest BCUT2D eigenvalue weighted by molar-refractivity contribution is 0.266. The highest BCUT2D eigenvalue weighted by Crippen LogP contribution is 2.32. The topological polar surface area (TPSA) is 61.2 Å². The third kappa shape index (κ3) is 2.04. The Morgan fingerprint density at radius 3 is 2.84 bits per heavy atom. The van der Waals surface area contributed by atoms with E-state index in [1.54, 1.807) is 0 Å². The Morgan fingerprint density at radius 1 is 1.37 bits per heavy atom. The van der Waals surface area contributed by atoms with Crippen molar-refractivity contribution in [3.05, 3.63) is 18.3 Å². The summed E-state index contributed by atoms with van der Waals surface area (Å²) in [6.07, 6.45) is 1.81. The Kier molecular flexibility index (Phi) is 2.86. The second-order valence-electron chi connectivity index (χ2n) is 5.78. The number of likely N-dealkylation sites (N-methyl/N-ethyl adjacent to an activating group) is 1. The smallest absolute Gasteiger partial charge is 0.0672 e. The summed E-state index contributed by atoms with van der Waals surface area (Å²) in [6, 6.07) is 4.70. The van der Waals surface area contributed by atoms with Crippen molar-refractivity contribution in [1.29, 1.82) is 0 Å². The maximum absolute atomic E-state index is 6.20. The maximum atomic E-state index is 6.20. The van der Waals surface area contributed by atoms with Gasteiger partial charge in [-0.15, -0.1) is 0 Å². The summed E-state index contributed by atoms with van der Waals surface area (Å²) in [5.41, 5.74) is 9.19. The lowest BCUT2D eigenvalue weighted by atomic mass is 10.1. The van der Waals surface area contributed by atoms with Crippen molar-refractivity contribution in [2.75, 3.05) is 37.8 Å². The van der Waals surface area contributed by atoms with Crippen molar-refractivity contribution in [3.8, 4) is 0 Å². The summed E-state index contributed by atoms with van der Waals surface area (Å²) in [7, 11) is 4.29. The maximum Gasteiger partial charge on any atom is 0.0672 e. The Morgan fingerprint density at radius 2 is 2.16 bits per heavy atom. The molecule has 0 bridgehead atoms. The van der Waals surface area contributed by atoms with Crippen molar-refractivity contribution in [1.82, 2.24) is 15.1 Å². The van der Waals surface area contributed by atoms with E-state index in [0.717, 1.165) is 35.4 Å². The van der Waals surface area contributed by atoms with Crippen LogP contribution in [0.15, 0.2) is 18.3 Å². The van der Waals surface area contributed by atoms with E-state index in [0.29, 0.717) is 12.0 Å². The van der Waals surface area contributed by atoms with E-state index in [2.05, 4.69) is 47.1 Å². The van der Waals surface area contributed by atoms with Gasteiger partial charge in [0, 0.05) is 24.5 Å². The highest BCUT2D eigenvalue weighted by molar-refractivity contribution is 5.89. The first-order chi connectivity index (χ1) is 9.06. The van der Waals surface area contributed by atoms with Gasteiger partial charge in [-0.25, -0.2) is 0 Å². The number of nitrogen functional groups attached to an aromatic ring is 1. The SMILES string of the molecule is CC1CN(c2cc3[nH]ncc3cc2N)CC1N(C)C. The average molecular weight is 259 g/mol. The van der Waals surface area contributed by atoms with E-state index in [9.17, 15) is 0 Å². The molecule has 0 spiro atoms. The highest BCUT2D eigenvalue weighted by Gasteiger charge is 2.31. The number of anilines is 2. The van der Waals surface area contributed by atoms with Crippen LogP contribution in [0, 0.1) is 5.92 Å². The van der Waals surface area contributed by atoms with E-state index < -0.39 is 0 Å². The Balaban J connectivity index is 1.94. The van der Waals surface area contributed by atoms with Gasteiger partial charge in [0.15, 0.2) is 0 Å². The first-order valence-electron chi connectivity index (χ1n) is 6.70. The minimum atomic E-state index is 0.580. The quantitative estimate of drug-likeness (QED) is 0.803. The van der Waals surface area contributed by atoms with Gasteiger partial charge in [0.2, 0.25) is 0 Å². The van der Waals surface area contributed by atoms with Crippen molar-refractivity contribution in [2.45, 2.75) is 13.0 Å². The molecule has 1 aliphatic rings. The predicted molar refractivity (Wildman–Crippen MR) is 79.4 cm³/mol. The molecule has 1 aromatic carbocycles. The lowest BCUT2D eigenvalue weighted by Gasteiger charge is -2.23. The number of nitrogens with zero attached hydrogens (tertiary/aromatic N) is 3. The average Bonchev–Trinajstić information content (AvgIpc) is 2.93. The fourth-order valence-electron chi connectivity index (χ4n) is 3.09. The predicted octanol–water partition coefficient (Wildman–Crippen LogP) is 1.53.